The maximum atomic E-state index is 12.1. The highest BCUT2D eigenvalue weighted by Crippen LogP contribution is 2.32. The average molecular weight is 665 g/mol. The molecule has 4 atom stereocenters. The highest BCUT2D eigenvalue weighted by atomic mass is 16.6. The number of hydrogen-bond donors (Lipinski definition) is 2. The second-order valence-corrected chi connectivity index (χ2v) is 12.4. The standard InChI is InChI=1S/C19H27N3O3.C16H23N3O.C2H6O/c1-5-18-20-14-11-13(3)7-8-15(14)22(18)16-9-10-21(12-17(16)24-4)19(23)25-6-2;1-4-16-18-12-9-11(2)5-6-13(12)19(16)14-7-8-17-10-15(14)20-3;1-2-3/h7-8,11,16-17H,5-6,9-10,12H2,1-4H3;5-6,9,14-15,17H,4,7-8,10H2,1-3H3;3H,2H2,1H3/t16-,17-;14-,15-;/m11./s1. The summed E-state index contributed by atoms with van der Waals surface area (Å²) in [5, 5.41) is 11.0. The van der Waals surface area contributed by atoms with Crippen molar-refractivity contribution in [1.29, 1.82) is 0 Å². The van der Waals surface area contributed by atoms with Crippen molar-refractivity contribution in [3.8, 4) is 0 Å². The maximum Gasteiger partial charge on any atom is 0.409 e. The van der Waals surface area contributed by atoms with E-state index in [1.165, 1.54) is 22.5 Å². The van der Waals surface area contributed by atoms with Gasteiger partial charge >= 0.3 is 6.09 Å². The van der Waals surface area contributed by atoms with E-state index in [-0.39, 0.29) is 30.9 Å². The van der Waals surface area contributed by atoms with Gasteiger partial charge in [-0.15, -0.1) is 0 Å². The Kier molecular flexibility index (Phi) is 13.8. The molecule has 48 heavy (non-hydrogen) atoms. The molecule has 4 heterocycles. The van der Waals surface area contributed by atoms with Gasteiger partial charge in [0.05, 0.1) is 59.5 Å². The summed E-state index contributed by atoms with van der Waals surface area (Å²) in [6.07, 6.45) is 3.60. The summed E-state index contributed by atoms with van der Waals surface area (Å²) in [5.41, 5.74) is 6.98. The lowest BCUT2D eigenvalue weighted by molar-refractivity contribution is -0.00614. The van der Waals surface area contributed by atoms with E-state index >= 15 is 0 Å². The summed E-state index contributed by atoms with van der Waals surface area (Å²) in [6, 6.07) is 13.5. The van der Waals surface area contributed by atoms with E-state index in [9.17, 15) is 4.79 Å². The monoisotopic (exact) mass is 664 g/mol. The molecule has 4 aromatic rings. The predicted octanol–water partition coefficient (Wildman–Crippen LogP) is 5.78. The zero-order chi connectivity index (χ0) is 34.8. The van der Waals surface area contributed by atoms with Crippen LogP contribution in [-0.4, -0.2) is 101 Å². The van der Waals surface area contributed by atoms with E-state index in [4.69, 9.17) is 29.3 Å². The van der Waals surface area contributed by atoms with Gasteiger partial charge in [-0.05, 0) is 82.5 Å². The van der Waals surface area contributed by atoms with Gasteiger partial charge in [-0.1, -0.05) is 26.0 Å². The molecular formula is C37H56N6O5. The van der Waals surface area contributed by atoms with Gasteiger partial charge in [0.1, 0.15) is 11.6 Å². The summed E-state index contributed by atoms with van der Waals surface area (Å²) in [4.78, 5) is 23.4. The summed E-state index contributed by atoms with van der Waals surface area (Å²) in [6.45, 7) is 15.8. The van der Waals surface area contributed by atoms with Crippen LogP contribution in [0, 0.1) is 13.8 Å². The van der Waals surface area contributed by atoms with Crippen molar-refractivity contribution in [3.63, 3.8) is 0 Å². The van der Waals surface area contributed by atoms with Gasteiger partial charge in [-0.3, -0.25) is 0 Å². The highest BCUT2D eigenvalue weighted by molar-refractivity contribution is 5.78. The Labute approximate surface area is 285 Å². The molecule has 11 nitrogen and oxygen atoms in total. The second kappa shape index (κ2) is 17.8. The first-order valence-electron chi connectivity index (χ1n) is 17.5. The second-order valence-electron chi connectivity index (χ2n) is 12.4. The summed E-state index contributed by atoms with van der Waals surface area (Å²) in [7, 11) is 3.51. The topological polar surface area (TPSA) is 116 Å². The molecule has 2 N–H and O–H groups in total. The lowest BCUT2D eigenvalue weighted by Gasteiger charge is -2.38. The number of carbonyl (C=O) groups excluding carboxylic acids is 1. The molecule has 2 fully saturated rings. The maximum absolute atomic E-state index is 12.1. The van der Waals surface area contributed by atoms with Crippen LogP contribution in [-0.2, 0) is 27.1 Å². The Balaban J connectivity index is 0.000000204. The first kappa shape index (κ1) is 37.3. The van der Waals surface area contributed by atoms with Crippen LogP contribution < -0.4 is 5.32 Å². The van der Waals surface area contributed by atoms with E-state index in [0.717, 1.165) is 61.1 Å². The Morgan fingerprint density at radius 2 is 1.38 bits per heavy atom. The molecule has 2 aromatic carbocycles. The number of fused-ring (bicyclic) bond motifs is 2. The number of aromatic nitrogens is 4. The van der Waals surface area contributed by atoms with Gasteiger partial charge in [-0.2, -0.15) is 0 Å². The smallest absolute Gasteiger partial charge is 0.409 e. The Bertz CT molecular complexity index is 1620. The fourth-order valence-electron chi connectivity index (χ4n) is 6.92. The third-order valence-electron chi connectivity index (χ3n) is 9.18. The van der Waals surface area contributed by atoms with Crippen molar-refractivity contribution in [1.82, 2.24) is 29.3 Å². The summed E-state index contributed by atoms with van der Waals surface area (Å²) in [5.74, 6) is 2.23. The predicted molar refractivity (Wildman–Crippen MR) is 191 cm³/mol. The van der Waals surface area contributed by atoms with Crippen molar-refractivity contribution < 1.29 is 24.1 Å². The minimum absolute atomic E-state index is 0.0813. The number of ether oxygens (including phenoxy) is 3. The lowest BCUT2D eigenvalue weighted by atomic mass is 10.0. The molecular weight excluding hydrogens is 608 g/mol. The normalized spacial score (nSPS) is 21.0. The fourth-order valence-corrected chi connectivity index (χ4v) is 6.92. The zero-order valence-corrected chi connectivity index (χ0v) is 30.2. The molecule has 6 rings (SSSR count). The number of nitrogens with one attached hydrogen (secondary N) is 1. The van der Waals surface area contributed by atoms with E-state index in [1.807, 2.05) is 6.92 Å². The molecule has 0 bridgehead atoms. The number of amides is 1. The van der Waals surface area contributed by atoms with Gasteiger partial charge in [0, 0.05) is 46.8 Å². The van der Waals surface area contributed by atoms with Gasteiger partial charge in [-0.25, -0.2) is 14.8 Å². The van der Waals surface area contributed by atoms with Gasteiger partial charge in [0.2, 0.25) is 0 Å². The number of benzene rings is 2. The summed E-state index contributed by atoms with van der Waals surface area (Å²) < 4.78 is 21.3. The Hall–Kier alpha value is -3.51. The van der Waals surface area contributed by atoms with Crippen LogP contribution in [0.1, 0.15) is 75.4 Å². The van der Waals surface area contributed by atoms with Crippen molar-refractivity contribution >= 4 is 28.2 Å². The summed E-state index contributed by atoms with van der Waals surface area (Å²) >= 11 is 0. The number of hydrogen-bond acceptors (Lipinski definition) is 8. The number of imidazole rings is 2. The number of carbonyl (C=O) groups is 1. The first-order chi connectivity index (χ1) is 23.2. The number of likely N-dealkylation sites (tertiary alicyclic amines) is 1. The number of nitrogens with zero attached hydrogens (tertiary/aromatic N) is 5. The number of piperidine rings is 2. The molecule has 11 heteroatoms. The molecule has 0 saturated carbocycles. The van der Waals surface area contributed by atoms with Crippen LogP contribution in [0.2, 0.25) is 0 Å². The van der Waals surface area contributed by atoms with Gasteiger partial charge < -0.3 is 38.7 Å². The zero-order valence-electron chi connectivity index (χ0n) is 30.2. The molecule has 1 amide bonds. The molecule has 0 spiro atoms. The van der Waals surface area contributed by atoms with E-state index in [2.05, 4.69) is 78.5 Å². The highest BCUT2D eigenvalue weighted by Gasteiger charge is 2.35. The van der Waals surface area contributed by atoms with Crippen molar-refractivity contribution in [3.05, 3.63) is 59.2 Å². The number of methoxy groups -OCH3 is 2. The third-order valence-corrected chi connectivity index (χ3v) is 9.18. The molecule has 2 aromatic heterocycles. The van der Waals surface area contributed by atoms with E-state index in [0.29, 0.717) is 25.7 Å². The van der Waals surface area contributed by atoms with Crippen LogP contribution in [0.3, 0.4) is 0 Å². The lowest BCUT2D eigenvalue weighted by Crippen LogP contribution is -2.48. The Morgan fingerprint density at radius 1 is 0.854 bits per heavy atom. The van der Waals surface area contributed by atoms with Crippen LogP contribution in [0.5, 0.6) is 0 Å². The molecule has 2 aliphatic heterocycles. The number of rotatable bonds is 7. The van der Waals surface area contributed by atoms with Crippen molar-refractivity contribution in [2.24, 2.45) is 0 Å². The molecule has 0 radical (unpaired) electrons. The molecule has 2 aliphatic rings. The first-order valence-corrected chi connectivity index (χ1v) is 17.5. The van der Waals surface area contributed by atoms with E-state index < -0.39 is 0 Å². The van der Waals surface area contributed by atoms with Crippen molar-refractivity contribution in [2.45, 2.75) is 91.5 Å². The molecule has 0 unspecified atom stereocenters. The average Bonchev–Trinajstić information content (AvgIpc) is 3.65. The molecule has 2 saturated heterocycles. The number of aliphatic hydroxyl groups is 1. The van der Waals surface area contributed by atoms with Crippen LogP contribution in [0.4, 0.5) is 4.79 Å². The van der Waals surface area contributed by atoms with Gasteiger partial charge in [0.25, 0.3) is 0 Å². The van der Waals surface area contributed by atoms with Crippen molar-refractivity contribution in [2.75, 3.05) is 53.6 Å². The number of aryl methyl sites for hydroxylation is 4. The Morgan fingerprint density at radius 3 is 1.85 bits per heavy atom. The fraction of sp³-hybridized carbons (Fsp3) is 0.595. The van der Waals surface area contributed by atoms with Crippen LogP contribution in [0.15, 0.2) is 36.4 Å². The quantitative estimate of drug-likeness (QED) is 0.256. The minimum Gasteiger partial charge on any atom is -0.450 e. The minimum atomic E-state index is -0.259. The van der Waals surface area contributed by atoms with Crippen LogP contribution >= 0.6 is 0 Å². The molecule has 264 valence electrons. The van der Waals surface area contributed by atoms with E-state index in [1.54, 1.807) is 26.0 Å². The van der Waals surface area contributed by atoms with Gasteiger partial charge in [0.15, 0.2) is 0 Å². The number of aliphatic hydroxyl groups excluding tert-OH is 1. The third kappa shape index (κ3) is 8.37. The molecule has 0 aliphatic carbocycles. The SMILES string of the molecule is CCO.CCOC(=O)N1CC[C@@H](n2c(CC)nc3cc(C)ccc32)[C@H](OC)C1.CCc1nc2cc(C)ccc2n1[C@@H]1CCNC[C@H]1OC. The largest absolute Gasteiger partial charge is 0.450 e. The van der Waals surface area contributed by atoms with Crippen LogP contribution in [0.25, 0.3) is 22.1 Å².